The van der Waals surface area contributed by atoms with E-state index in [1.807, 2.05) is 18.2 Å². The van der Waals surface area contributed by atoms with Gasteiger partial charge in [0, 0.05) is 14.9 Å². The number of ether oxygens (including phenoxy) is 2. The Labute approximate surface area is 227 Å². The van der Waals surface area contributed by atoms with Gasteiger partial charge in [-0.05, 0) is 61.1 Å². The minimum absolute atomic E-state index is 0.116. The average molecular weight is 573 g/mol. The molecule has 9 heteroatoms. The molecule has 7 nitrogen and oxygen atoms in total. The number of anilines is 1. The monoisotopic (exact) mass is 572 g/mol. The van der Waals surface area contributed by atoms with E-state index in [9.17, 15) is 20.6 Å². The van der Waals surface area contributed by atoms with Crippen molar-refractivity contribution in [3.63, 3.8) is 0 Å². The van der Waals surface area contributed by atoms with E-state index in [0.29, 0.717) is 37.7 Å². The molecule has 0 fully saturated rings. The average Bonchev–Trinajstić information content (AvgIpc) is 3.28. The molecule has 1 aromatic heterocycles. The highest BCUT2D eigenvalue weighted by Crippen LogP contribution is 2.38. The topological polar surface area (TPSA) is 119 Å². The Morgan fingerprint density at radius 2 is 1.92 bits per heavy atom. The van der Waals surface area contributed by atoms with E-state index in [1.54, 1.807) is 24.3 Å². The third-order valence-electron chi connectivity index (χ3n) is 5.98. The van der Waals surface area contributed by atoms with Crippen LogP contribution in [0.25, 0.3) is 6.08 Å². The maximum Gasteiger partial charge on any atom is 0.266 e. The number of nitrogens with zero attached hydrogens (tertiary/aromatic N) is 3. The lowest BCUT2D eigenvalue weighted by molar-refractivity contribution is -0.112. The van der Waals surface area contributed by atoms with Crippen molar-refractivity contribution in [3.8, 4) is 29.7 Å². The molecule has 1 aliphatic rings. The molecule has 1 aliphatic carbocycles. The van der Waals surface area contributed by atoms with Crippen molar-refractivity contribution >= 4 is 44.3 Å². The van der Waals surface area contributed by atoms with Gasteiger partial charge in [-0.15, -0.1) is 11.3 Å². The van der Waals surface area contributed by atoms with Crippen molar-refractivity contribution in [2.75, 3.05) is 12.4 Å². The Morgan fingerprint density at radius 1 is 1.14 bits per heavy atom. The van der Waals surface area contributed by atoms with E-state index in [4.69, 9.17) is 9.47 Å². The number of nitriles is 3. The fourth-order valence-electron chi connectivity index (χ4n) is 4.09. The molecular weight excluding hydrogens is 552 g/mol. The van der Waals surface area contributed by atoms with E-state index in [2.05, 4.69) is 33.4 Å². The molecule has 0 saturated heterocycles. The number of carbonyl (C=O) groups is 1. The third-order valence-corrected chi connectivity index (χ3v) is 7.87. The number of aryl methyl sites for hydroxylation is 1. The quantitative estimate of drug-likeness (QED) is 0.263. The molecule has 0 unspecified atom stereocenters. The number of benzene rings is 2. The molecule has 0 saturated carbocycles. The minimum Gasteiger partial charge on any atom is -0.493 e. The molecule has 37 heavy (non-hydrogen) atoms. The van der Waals surface area contributed by atoms with Gasteiger partial charge < -0.3 is 14.8 Å². The number of hydrogen-bond acceptors (Lipinski definition) is 7. The van der Waals surface area contributed by atoms with E-state index < -0.39 is 5.91 Å². The highest BCUT2D eigenvalue weighted by Gasteiger charge is 2.23. The molecule has 0 bridgehead atoms. The van der Waals surface area contributed by atoms with Crippen LogP contribution in [0.5, 0.6) is 11.5 Å². The van der Waals surface area contributed by atoms with Crippen molar-refractivity contribution in [2.24, 2.45) is 0 Å². The Morgan fingerprint density at radius 3 is 2.65 bits per heavy atom. The Bertz CT molecular complexity index is 1520. The van der Waals surface area contributed by atoms with Crippen LogP contribution in [0.3, 0.4) is 0 Å². The van der Waals surface area contributed by atoms with Crippen LogP contribution in [0.2, 0.25) is 0 Å². The molecule has 0 radical (unpaired) electrons. The van der Waals surface area contributed by atoms with Crippen LogP contribution >= 0.6 is 27.3 Å². The number of amides is 1. The Balaban J connectivity index is 1.57. The van der Waals surface area contributed by atoms with Gasteiger partial charge in [-0.2, -0.15) is 15.8 Å². The summed E-state index contributed by atoms with van der Waals surface area (Å²) in [5.74, 6) is 0.251. The lowest BCUT2D eigenvalue weighted by Crippen LogP contribution is -2.13. The van der Waals surface area contributed by atoms with Crippen molar-refractivity contribution in [1.29, 1.82) is 15.8 Å². The second-order valence-corrected chi connectivity index (χ2v) is 10.2. The number of methoxy groups -OCH3 is 1. The maximum atomic E-state index is 13.0. The highest BCUT2D eigenvalue weighted by molar-refractivity contribution is 9.10. The Kier molecular flexibility index (Phi) is 8.25. The van der Waals surface area contributed by atoms with Crippen LogP contribution in [0.15, 0.2) is 46.4 Å². The second kappa shape index (κ2) is 11.8. The molecule has 0 spiro atoms. The molecule has 0 atom stereocenters. The summed E-state index contributed by atoms with van der Waals surface area (Å²) >= 11 is 4.89. The fourth-order valence-corrected chi connectivity index (χ4v) is 5.76. The fraction of sp³-hybridized carbons (Fsp3) is 0.214. The molecule has 1 heterocycles. The van der Waals surface area contributed by atoms with Crippen LogP contribution in [-0.4, -0.2) is 13.0 Å². The smallest absolute Gasteiger partial charge is 0.266 e. The summed E-state index contributed by atoms with van der Waals surface area (Å²) in [5.41, 5.74) is 3.19. The first kappa shape index (κ1) is 26.0. The summed E-state index contributed by atoms with van der Waals surface area (Å²) < 4.78 is 12.0. The van der Waals surface area contributed by atoms with Gasteiger partial charge in [0.25, 0.3) is 5.91 Å². The zero-order chi connectivity index (χ0) is 26.4. The van der Waals surface area contributed by atoms with Crippen LogP contribution in [0, 0.1) is 34.0 Å². The third kappa shape index (κ3) is 5.67. The number of hydrogen-bond donors (Lipinski definition) is 1. The van der Waals surface area contributed by atoms with Gasteiger partial charge in [0.1, 0.15) is 29.3 Å². The summed E-state index contributed by atoms with van der Waals surface area (Å²) in [6.07, 6.45) is 5.27. The van der Waals surface area contributed by atoms with Crippen molar-refractivity contribution in [1.82, 2.24) is 0 Å². The Hall–Kier alpha value is -4.10. The van der Waals surface area contributed by atoms with Gasteiger partial charge in [0.2, 0.25) is 0 Å². The van der Waals surface area contributed by atoms with Crippen molar-refractivity contribution in [3.05, 3.63) is 79.1 Å². The van der Waals surface area contributed by atoms with Gasteiger partial charge in [-0.25, -0.2) is 0 Å². The SMILES string of the molecule is COc1cc(/C=C(\C#N)C(=O)Nc2sc3c(c2C#N)CCCC3)c(Br)cc1OCc1ccccc1C#N. The van der Waals surface area contributed by atoms with E-state index in [-0.39, 0.29) is 12.2 Å². The van der Waals surface area contributed by atoms with Gasteiger partial charge >= 0.3 is 0 Å². The first-order valence-corrected chi connectivity index (χ1v) is 13.1. The number of fused-ring (bicyclic) bond motifs is 1. The van der Waals surface area contributed by atoms with Crippen LogP contribution in [0.4, 0.5) is 5.00 Å². The number of rotatable bonds is 7. The number of nitrogens with one attached hydrogen (secondary N) is 1. The molecule has 184 valence electrons. The summed E-state index contributed by atoms with van der Waals surface area (Å²) in [4.78, 5) is 14.1. The summed E-state index contributed by atoms with van der Waals surface area (Å²) in [7, 11) is 1.49. The van der Waals surface area contributed by atoms with Gasteiger partial charge in [-0.1, -0.05) is 34.1 Å². The normalized spacial score (nSPS) is 12.5. The van der Waals surface area contributed by atoms with Crippen LogP contribution < -0.4 is 14.8 Å². The molecule has 4 rings (SSSR count). The zero-order valence-electron chi connectivity index (χ0n) is 19.9. The highest BCUT2D eigenvalue weighted by atomic mass is 79.9. The van der Waals surface area contributed by atoms with E-state index in [0.717, 1.165) is 41.7 Å². The summed E-state index contributed by atoms with van der Waals surface area (Å²) in [5, 5.41) is 31.9. The molecule has 3 aromatic rings. The van der Waals surface area contributed by atoms with E-state index >= 15 is 0 Å². The number of thiophene rings is 1. The first-order chi connectivity index (χ1) is 18.0. The second-order valence-electron chi connectivity index (χ2n) is 8.23. The van der Waals surface area contributed by atoms with Crippen molar-refractivity contribution < 1.29 is 14.3 Å². The number of halogens is 1. The zero-order valence-corrected chi connectivity index (χ0v) is 22.3. The van der Waals surface area contributed by atoms with Crippen LogP contribution in [0.1, 0.15) is 45.5 Å². The largest absolute Gasteiger partial charge is 0.493 e. The summed E-state index contributed by atoms with van der Waals surface area (Å²) in [6.45, 7) is 0.166. The molecular formula is C28H21BrN4O3S. The molecule has 2 aromatic carbocycles. The predicted octanol–water partition coefficient (Wildman–Crippen LogP) is 6.27. The standard InChI is InChI=1S/C28H21BrN4O3S/c1-35-24-11-19(23(29)12-25(24)36-16-18-7-3-2-6-17(18)13-30)10-20(14-31)27(34)33-28-22(15-32)21-8-4-5-9-26(21)37-28/h2-3,6-7,10-12H,4-5,8-9,16H2,1H3,(H,33,34)/b20-10+. The van der Waals surface area contributed by atoms with E-state index in [1.165, 1.54) is 24.5 Å². The van der Waals surface area contributed by atoms with Gasteiger partial charge in [-0.3, -0.25) is 4.79 Å². The summed E-state index contributed by atoms with van der Waals surface area (Å²) in [6, 6.07) is 16.8. The number of carbonyl (C=O) groups excluding carboxylic acids is 1. The lowest BCUT2D eigenvalue weighted by atomic mass is 9.96. The lowest BCUT2D eigenvalue weighted by Gasteiger charge is -2.13. The maximum absolute atomic E-state index is 13.0. The molecule has 1 N–H and O–H groups in total. The van der Waals surface area contributed by atoms with Crippen LogP contribution in [-0.2, 0) is 24.2 Å². The molecule has 1 amide bonds. The minimum atomic E-state index is -0.586. The predicted molar refractivity (Wildman–Crippen MR) is 144 cm³/mol. The first-order valence-electron chi connectivity index (χ1n) is 11.4. The molecule has 0 aliphatic heterocycles. The van der Waals surface area contributed by atoms with Crippen molar-refractivity contribution in [2.45, 2.75) is 32.3 Å². The van der Waals surface area contributed by atoms with Gasteiger partial charge in [0.05, 0.1) is 24.3 Å². The van der Waals surface area contributed by atoms with Gasteiger partial charge in [0.15, 0.2) is 11.5 Å².